The van der Waals surface area contributed by atoms with Gasteiger partial charge in [0.05, 0.1) is 5.69 Å². The molecule has 0 unspecified atom stereocenters. The van der Waals surface area contributed by atoms with E-state index in [1.54, 1.807) is 0 Å². The predicted octanol–water partition coefficient (Wildman–Crippen LogP) is 1.90. The van der Waals surface area contributed by atoms with E-state index in [0.717, 1.165) is 23.6 Å². The first-order chi connectivity index (χ1) is 6.11. The third kappa shape index (κ3) is 1.10. The number of ketones is 1. The topological polar surface area (TPSA) is 34.9 Å². The molecule has 2 rings (SSSR count). The second kappa shape index (κ2) is 2.69. The number of hydrogen-bond donors (Lipinski definition) is 0. The molecule has 0 radical (unpaired) electrons. The number of hydrogen-bond acceptors (Lipinski definition) is 2. The van der Waals surface area contributed by atoms with Crippen molar-refractivity contribution in [1.29, 1.82) is 0 Å². The molecule has 0 saturated heterocycles. The van der Waals surface area contributed by atoms with Gasteiger partial charge in [0.2, 0.25) is 0 Å². The first-order valence-corrected chi connectivity index (χ1v) is 4.72. The lowest BCUT2D eigenvalue weighted by atomic mass is 10.3. The monoisotopic (exact) mass is 178 g/mol. The van der Waals surface area contributed by atoms with E-state index in [4.69, 9.17) is 0 Å². The Morgan fingerprint density at radius 2 is 2.08 bits per heavy atom. The maximum absolute atomic E-state index is 11.5. The Morgan fingerprint density at radius 3 is 2.69 bits per heavy atom. The quantitative estimate of drug-likeness (QED) is 0.658. The lowest BCUT2D eigenvalue weighted by Gasteiger charge is -2.11. The fourth-order valence-electron chi connectivity index (χ4n) is 2.05. The van der Waals surface area contributed by atoms with Crippen LogP contribution in [-0.4, -0.2) is 15.3 Å². The Labute approximate surface area is 77.8 Å². The summed E-state index contributed by atoms with van der Waals surface area (Å²) in [5.74, 6) is 1.22. The summed E-state index contributed by atoms with van der Waals surface area (Å²) in [4.78, 5) is 15.9. The fraction of sp³-hybridized carbons (Fsp3) is 0.600. The second-order valence-electron chi connectivity index (χ2n) is 3.84. The summed E-state index contributed by atoms with van der Waals surface area (Å²) >= 11 is 0. The molecule has 0 amide bonds. The number of rotatable bonds is 1. The first-order valence-electron chi connectivity index (χ1n) is 4.72. The van der Waals surface area contributed by atoms with Crippen LogP contribution in [0.4, 0.5) is 0 Å². The molecule has 0 N–H and O–H groups in total. The Bertz CT molecular complexity index is 363. The summed E-state index contributed by atoms with van der Waals surface area (Å²) in [5.41, 5.74) is 1.85. The number of nitrogens with zero attached hydrogens (tertiary/aromatic N) is 2. The van der Waals surface area contributed by atoms with Crippen molar-refractivity contribution in [2.75, 3.05) is 0 Å². The third-order valence-electron chi connectivity index (χ3n) is 2.53. The second-order valence-corrected chi connectivity index (χ2v) is 3.84. The molecule has 3 heteroatoms. The smallest absolute Gasteiger partial charge is 0.181 e. The van der Waals surface area contributed by atoms with Crippen LogP contribution < -0.4 is 0 Å². The molecule has 1 aliphatic carbocycles. The van der Waals surface area contributed by atoms with Crippen molar-refractivity contribution >= 4 is 5.78 Å². The van der Waals surface area contributed by atoms with E-state index in [-0.39, 0.29) is 5.78 Å². The molecule has 0 spiro atoms. The summed E-state index contributed by atoms with van der Waals surface area (Å²) in [7, 11) is 0. The number of fused-ring (bicyclic) bond motifs is 1. The molecule has 3 nitrogen and oxygen atoms in total. The molecule has 0 fully saturated rings. The van der Waals surface area contributed by atoms with Gasteiger partial charge in [-0.15, -0.1) is 0 Å². The highest BCUT2D eigenvalue weighted by molar-refractivity contribution is 5.98. The average molecular weight is 178 g/mol. The molecular formula is C10H14N2O. The van der Waals surface area contributed by atoms with Crippen molar-refractivity contribution in [2.24, 2.45) is 0 Å². The highest BCUT2D eigenvalue weighted by atomic mass is 16.1. The zero-order valence-electron chi connectivity index (χ0n) is 8.29. The molecule has 0 aromatic carbocycles. The minimum absolute atomic E-state index is 0.254. The molecule has 1 aliphatic rings. The van der Waals surface area contributed by atoms with E-state index in [1.165, 1.54) is 0 Å². The van der Waals surface area contributed by atoms with Crippen molar-refractivity contribution < 1.29 is 4.79 Å². The standard InChI is InChI=1S/C10H14N2O/c1-6(2)12-7(3)11-8-4-5-9(13)10(8)12/h6H,4-5H2,1-3H3. The van der Waals surface area contributed by atoms with Crippen molar-refractivity contribution in [1.82, 2.24) is 9.55 Å². The van der Waals surface area contributed by atoms with E-state index < -0.39 is 0 Å². The normalized spacial score (nSPS) is 15.5. The summed E-state index contributed by atoms with van der Waals surface area (Å²) in [6, 6.07) is 0.332. The maximum Gasteiger partial charge on any atom is 0.181 e. The largest absolute Gasteiger partial charge is 0.323 e. The third-order valence-corrected chi connectivity index (χ3v) is 2.53. The molecular weight excluding hydrogens is 164 g/mol. The molecule has 0 bridgehead atoms. The van der Waals surface area contributed by atoms with E-state index in [9.17, 15) is 4.79 Å². The van der Waals surface area contributed by atoms with Gasteiger partial charge < -0.3 is 4.57 Å². The van der Waals surface area contributed by atoms with Crippen LogP contribution in [0.5, 0.6) is 0 Å². The van der Waals surface area contributed by atoms with Gasteiger partial charge in [-0.3, -0.25) is 4.79 Å². The van der Waals surface area contributed by atoms with Crippen LogP contribution in [0.2, 0.25) is 0 Å². The number of Topliss-reactive ketones (excluding diaryl/α,β-unsaturated/α-hetero) is 1. The van der Waals surface area contributed by atoms with Crippen LogP contribution in [0.15, 0.2) is 0 Å². The van der Waals surface area contributed by atoms with Crippen molar-refractivity contribution in [3.8, 4) is 0 Å². The molecule has 70 valence electrons. The molecule has 0 atom stereocenters. The van der Waals surface area contributed by atoms with Crippen molar-refractivity contribution in [3.05, 3.63) is 17.2 Å². The molecule has 1 aromatic heterocycles. The molecule has 0 saturated carbocycles. The summed E-state index contributed by atoms with van der Waals surface area (Å²) in [5, 5.41) is 0. The van der Waals surface area contributed by atoms with E-state index in [1.807, 2.05) is 11.5 Å². The zero-order chi connectivity index (χ0) is 9.59. The summed E-state index contributed by atoms with van der Waals surface area (Å²) in [6.45, 7) is 6.13. The van der Waals surface area contributed by atoms with Crippen LogP contribution in [-0.2, 0) is 6.42 Å². The highest BCUT2D eigenvalue weighted by Crippen LogP contribution is 2.25. The maximum atomic E-state index is 11.5. The fourth-order valence-corrected chi connectivity index (χ4v) is 2.05. The van der Waals surface area contributed by atoms with Gasteiger partial charge in [-0.25, -0.2) is 4.98 Å². The summed E-state index contributed by atoms with van der Waals surface area (Å²) in [6.07, 6.45) is 1.47. The zero-order valence-corrected chi connectivity index (χ0v) is 8.29. The van der Waals surface area contributed by atoms with Gasteiger partial charge >= 0.3 is 0 Å². The van der Waals surface area contributed by atoms with Crippen LogP contribution in [0.3, 0.4) is 0 Å². The van der Waals surface area contributed by atoms with E-state index >= 15 is 0 Å². The molecule has 0 aliphatic heterocycles. The Morgan fingerprint density at radius 1 is 1.38 bits per heavy atom. The van der Waals surface area contributed by atoms with E-state index in [2.05, 4.69) is 18.8 Å². The number of imidazole rings is 1. The predicted molar refractivity (Wildman–Crippen MR) is 50.0 cm³/mol. The van der Waals surface area contributed by atoms with Gasteiger partial charge in [-0.2, -0.15) is 0 Å². The Balaban J connectivity index is 2.61. The minimum Gasteiger partial charge on any atom is -0.323 e. The van der Waals surface area contributed by atoms with Gasteiger partial charge in [-0.05, 0) is 27.2 Å². The number of aryl methyl sites for hydroxylation is 2. The van der Waals surface area contributed by atoms with Crippen LogP contribution in [0, 0.1) is 6.92 Å². The lowest BCUT2D eigenvalue weighted by molar-refractivity contribution is 0.0984. The number of carbonyl (C=O) groups is 1. The van der Waals surface area contributed by atoms with Gasteiger partial charge in [0.15, 0.2) is 5.78 Å². The van der Waals surface area contributed by atoms with Crippen molar-refractivity contribution in [3.63, 3.8) is 0 Å². The van der Waals surface area contributed by atoms with Crippen LogP contribution >= 0.6 is 0 Å². The number of aromatic nitrogens is 2. The van der Waals surface area contributed by atoms with Gasteiger partial charge in [0.1, 0.15) is 11.5 Å². The molecule has 1 aromatic rings. The van der Waals surface area contributed by atoms with Crippen molar-refractivity contribution in [2.45, 2.75) is 39.7 Å². The Kier molecular flexibility index (Phi) is 1.75. The van der Waals surface area contributed by atoms with Gasteiger partial charge in [-0.1, -0.05) is 0 Å². The lowest BCUT2D eigenvalue weighted by Crippen LogP contribution is -2.10. The minimum atomic E-state index is 0.254. The summed E-state index contributed by atoms with van der Waals surface area (Å²) < 4.78 is 2.05. The highest BCUT2D eigenvalue weighted by Gasteiger charge is 2.27. The van der Waals surface area contributed by atoms with Crippen LogP contribution in [0.25, 0.3) is 0 Å². The average Bonchev–Trinajstić information content (AvgIpc) is 2.51. The first kappa shape index (κ1) is 8.48. The SMILES string of the molecule is Cc1nc2c(n1C(C)C)C(=O)CC2. The van der Waals surface area contributed by atoms with Gasteiger partial charge in [0, 0.05) is 12.5 Å². The molecule has 13 heavy (non-hydrogen) atoms. The van der Waals surface area contributed by atoms with E-state index in [0.29, 0.717) is 12.5 Å². The van der Waals surface area contributed by atoms with Gasteiger partial charge in [0.25, 0.3) is 0 Å². The number of carbonyl (C=O) groups excluding carboxylic acids is 1. The Hall–Kier alpha value is -1.12. The molecule has 1 heterocycles. The van der Waals surface area contributed by atoms with Crippen LogP contribution in [0.1, 0.15) is 48.3 Å².